The lowest BCUT2D eigenvalue weighted by Crippen LogP contribution is -2.74. The summed E-state index contributed by atoms with van der Waals surface area (Å²) in [5.74, 6) is -60.0. The summed E-state index contributed by atoms with van der Waals surface area (Å²) in [6, 6.07) is 6.59. The quantitative estimate of drug-likeness (QED) is 0.0252. The lowest BCUT2D eigenvalue weighted by Gasteiger charge is -2.44. The number of hydrogen-bond acceptors (Lipinski definition) is 6. The van der Waals surface area contributed by atoms with Gasteiger partial charge in [-0.25, -0.2) is 18.4 Å². The zero-order valence-corrected chi connectivity index (χ0v) is 39.7. The van der Waals surface area contributed by atoms with Crippen molar-refractivity contribution in [2.45, 2.75) is 139 Å². The highest BCUT2D eigenvalue weighted by atomic mass is 28.4. The van der Waals surface area contributed by atoms with E-state index in [2.05, 4.69) is 5.32 Å². The summed E-state index contributed by atoms with van der Waals surface area (Å²) < 4.78 is 286. The molecule has 0 radical (unpaired) electrons. The third-order valence-electron chi connectivity index (χ3n) is 11.2. The Kier molecular flexibility index (Phi) is 20.6. The van der Waals surface area contributed by atoms with Gasteiger partial charge >= 0.3 is 59.7 Å². The van der Waals surface area contributed by atoms with Crippen LogP contribution in [0.2, 0.25) is 17.1 Å². The maximum absolute atomic E-state index is 15.0. The predicted octanol–water partition coefficient (Wildman–Crippen LogP) is 15.3. The number of halogens is 19. The van der Waals surface area contributed by atoms with Gasteiger partial charge in [0.1, 0.15) is 30.1 Å². The normalized spacial score (nSPS) is 15.1. The molecule has 1 amide bonds. The Bertz CT molecular complexity index is 2140. The fourth-order valence-corrected chi connectivity index (χ4v) is 11.5. The largest absolute Gasteiger partial charge is 0.491 e. The number of nitrogens with one attached hydrogen (secondary N) is 1. The van der Waals surface area contributed by atoms with Crippen molar-refractivity contribution in [2.24, 2.45) is 5.92 Å². The summed E-state index contributed by atoms with van der Waals surface area (Å²) in [6.07, 6.45) is -7.21. The number of benzene rings is 2. The predicted molar refractivity (Wildman–Crippen MR) is 221 cm³/mol. The van der Waals surface area contributed by atoms with Crippen molar-refractivity contribution in [2.75, 3.05) is 25.1 Å². The van der Waals surface area contributed by atoms with Crippen LogP contribution in [0.5, 0.6) is 5.75 Å². The minimum absolute atomic E-state index is 0.0689. The number of hydrogen-bond donors (Lipinski definition) is 1. The number of allylic oxidation sites excluding steroid dienone is 3. The molecule has 0 fully saturated rings. The monoisotopic (exact) mass is 1080 g/mol. The molecule has 0 unspecified atom stereocenters. The van der Waals surface area contributed by atoms with Crippen molar-refractivity contribution in [1.82, 2.24) is 0 Å². The standard InChI is InChI=1S/C44H50F19NO6Si/c1-8-67-34(65)23-27(6)11-9-10-12-28(7)35(70-36(66)64-33-18-15-30(45)24-32(33)46)29-13-16-31(17-14-29)68-20-21-69-71(25(2)3,26(4)5)22-19-37(47,48)38(49,50)39(51,52)40(53,54)41(55,56)42(57,58)43(59,60)44(61,62)63/h9,11,13-18,23-26,28,35H,8,10,12,19-22H2,1-7H3,(H,64,66)/b11-9+,27-23+/t28-,35-/m0/s1. The van der Waals surface area contributed by atoms with Crippen LogP contribution in [0.4, 0.5) is 93.9 Å². The molecule has 0 aliphatic heterocycles. The molecule has 0 heterocycles. The molecule has 0 aliphatic carbocycles. The fourth-order valence-electron chi connectivity index (χ4n) is 7.06. The first-order valence-corrected chi connectivity index (χ1v) is 23.5. The molecule has 2 aromatic rings. The third kappa shape index (κ3) is 13.7. The van der Waals surface area contributed by atoms with Gasteiger partial charge in [0.05, 0.1) is 18.9 Å². The Morgan fingerprint density at radius 2 is 1.23 bits per heavy atom. The number of carbonyl (C=O) groups excluding carboxylic acids is 2. The summed E-state index contributed by atoms with van der Waals surface area (Å²) in [7, 11) is -4.06. The molecule has 0 aliphatic rings. The van der Waals surface area contributed by atoms with Crippen LogP contribution >= 0.6 is 0 Å². The topological polar surface area (TPSA) is 83.1 Å². The number of anilines is 1. The molecular weight excluding hydrogens is 1030 g/mol. The second kappa shape index (κ2) is 23.5. The summed E-state index contributed by atoms with van der Waals surface area (Å²) >= 11 is 0. The maximum atomic E-state index is 15.0. The van der Waals surface area contributed by atoms with Crippen molar-refractivity contribution in [3.63, 3.8) is 0 Å². The number of amides is 1. The Hall–Kier alpha value is -4.69. The van der Waals surface area contributed by atoms with Crippen molar-refractivity contribution in [3.05, 3.63) is 83.5 Å². The second-order valence-corrected chi connectivity index (χ2v) is 21.9. The van der Waals surface area contributed by atoms with E-state index < -0.39 is 134 Å². The first kappa shape index (κ1) is 62.4. The van der Waals surface area contributed by atoms with Crippen LogP contribution in [0.25, 0.3) is 0 Å². The van der Waals surface area contributed by atoms with E-state index in [1.165, 1.54) is 58.0 Å². The highest BCUT2D eigenvalue weighted by Gasteiger charge is 2.95. The Balaban J connectivity index is 2.31. The second-order valence-electron chi connectivity index (χ2n) is 16.9. The van der Waals surface area contributed by atoms with E-state index in [1.807, 2.05) is 0 Å². The third-order valence-corrected chi connectivity index (χ3v) is 16.9. The molecule has 0 spiro atoms. The molecule has 0 saturated carbocycles. The molecule has 2 rings (SSSR count). The van der Waals surface area contributed by atoms with Gasteiger partial charge < -0.3 is 18.6 Å². The number of ether oxygens (including phenoxy) is 3. The highest BCUT2D eigenvalue weighted by molar-refractivity contribution is 6.76. The van der Waals surface area contributed by atoms with E-state index in [0.717, 1.165) is 12.1 Å². The number of rotatable bonds is 26. The Morgan fingerprint density at radius 1 is 0.704 bits per heavy atom. The van der Waals surface area contributed by atoms with Crippen molar-refractivity contribution in [3.8, 4) is 5.75 Å². The van der Waals surface area contributed by atoms with Gasteiger partial charge in [-0.15, -0.1) is 0 Å². The zero-order valence-electron chi connectivity index (χ0n) is 38.7. The molecule has 404 valence electrons. The maximum Gasteiger partial charge on any atom is 0.460 e. The minimum Gasteiger partial charge on any atom is -0.491 e. The molecule has 27 heteroatoms. The van der Waals surface area contributed by atoms with Crippen molar-refractivity contribution < 1.29 is 112 Å². The average molecular weight is 1080 g/mol. The average Bonchev–Trinajstić information content (AvgIpc) is 3.24. The van der Waals surface area contributed by atoms with Gasteiger partial charge in [0.2, 0.25) is 0 Å². The van der Waals surface area contributed by atoms with Crippen LogP contribution in [0, 0.1) is 17.6 Å². The molecule has 71 heavy (non-hydrogen) atoms. The molecule has 0 aromatic heterocycles. The van der Waals surface area contributed by atoms with Crippen LogP contribution < -0.4 is 10.1 Å². The Labute approximate surface area is 396 Å². The lowest BCUT2D eigenvalue weighted by molar-refractivity contribution is -0.461. The van der Waals surface area contributed by atoms with Gasteiger partial charge in [-0.3, -0.25) is 5.32 Å². The van der Waals surface area contributed by atoms with E-state index >= 15 is 8.78 Å². The van der Waals surface area contributed by atoms with E-state index in [9.17, 15) is 84.2 Å². The molecule has 0 bridgehead atoms. The number of carbonyl (C=O) groups is 2. The molecule has 7 nitrogen and oxygen atoms in total. The molecule has 2 atom stereocenters. The van der Waals surface area contributed by atoms with Crippen LogP contribution in [0.3, 0.4) is 0 Å². The van der Waals surface area contributed by atoms with Gasteiger partial charge in [-0.05, 0) is 85.1 Å². The molecule has 2 aromatic carbocycles. The molecule has 0 saturated heterocycles. The molecular formula is C44H50F19NO6Si. The van der Waals surface area contributed by atoms with E-state index in [0.29, 0.717) is 30.0 Å². The first-order valence-electron chi connectivity index (χ1n) is 21.2. The number of alkyl halides is 17. The smallest absolute Gasteiger partial charge is 0.460 e. The highest BCUT2D eigenvalue weighted by Crippen LogP contribution is 2.64. The SMILES string of the molecule is CCOC(=O)/C=C(C)/C=C/CC[C@H](C)[C@H](OC(=O)Nc1ccc(F)cc1F)c1ccc(OCCO[Si](CCC(F)(F)C(F)(F)C(F)(F)C(F)(F)C(F)(F)C(F)(F)C(F)(F)C(F)(F)F)(C(C)C)C(C)C)cc1. The fraction of sp³-hybridized carbons (Fsp3) is 0.591. The van der Waals surface area contributed by atoms with Gasteiger partial charge in [0.15, 0.2) is 8.32 Å². The van der Waals surface area contributed by atoms with E-state index in [1.54, 1.807) is 32.9 Å². The summed E-state index contributed by atoms with van der Waals surface area (Å²) in [6.45, 7) is 9.31. The first-order chi connectivity index (χ1) is 32.2. The lowest BCUT2D eigenvalue weighted by atomic mass is 9.88. The van der Waals surface area contributed by atoms with Gasteiger partial charge in [0, 0.05) is 18.6 Å². The minimum atomic E-state index is -8.72. The summed E-state index contributed by atoms with van der Waals surface area (Å²) in [4.78, 5) is 24.7. The van der Waals surface area contributed by atoms with Gasteiger partial charge in [-0.1, -0.05) is 58.9 Å². The van der Waals surface area contributed by atoms with Crippen LogP contribution in [-0.2, 0) is 18.7 Å². The Morgan fingerprint density at radius 3 is 1.72 bits per heavy atom. The van der Waals surface area contributed by atoms with Crippen LogP contribution in [0.1, 0.15) is 79.4 Å². The molecule has 1 N–H and O–H groups in total. The zero-order chi connectivity index (χ0) is 55.0. The van der Waals surface area contributed by atoms with Gasteiger partial charge in [-0.2, -0.15) is 74.6 Å². The van der Waals surface area contributed by atoms with Crippen molar-refractivity contribution >= 4 is 26.1 Å². The summed E-state index contributed by atoms with van der Waals surface area (Å²) in [5, 5.41) is 2.18. The summed E-state index contributed by atoms with van der Waals surface area (Å²) in [5.41, 5.74) is -1.32. The van der Waals surface area contributed by atoms with Crippen LogP contribution in [0.15, 0.2) is 66.3 Å². The number of esters is 1. The van der Waals surface area contributed by atoms with Crippen LogP contribution in [-0.4, -0.2) is 87.8 Å². The van der Waals surface area contributed by atoms with Gasteiger partial charge in [0.25, 0.3) is 0 Å². The van der Waals surface area contributed by atoms with Crippen molar-refractivity contribution in [1.29, 1.82) is 0 Å². The van der Waals surface area contributed by atoms with E-state index in [-0.39, 0.29) is 12.4 Å². The van der Waals surface area contributed by atoms with E-state index in [4.69, 9.17) is 18.6 Å².